The molecule has 0 saturated heterocycles. The second kappa shape index (κ2) is 14.9. The number of halogens is 1. The molecule has 0 heterocycles. The molecular weight excluding hydrogens is 573 g/mol. The number of rotatable bonds is 14. The number of nitrogens with zero attached hydrogens (tertiary/aromatic N) is 1. The molecule has 0 radical (unpaired) electrons. The molecular formula is C32H32FN3O6S. The summed E-state index contributed by atoms with van der Waals surface area (Å²) in [6.07, 6.45) is 0.369. The van der Waals surface area contributed by atoms with Gasteiger partial charge in [0, 0.05) is 25.4 Å². The summed E-state index contributed by atoms with van der Waals surface area (Å²) in [6, 6.07) is 27.6. The highest BCUT2D eigenvalue weighted by Crippen LogP contribution is 2.25. The van der Waals surface area contributed by atoms with Gasteiger partial charge < -0.3 is 20.1 Å². The van der Waals surface area contributed by atoms with Crippen LogP contribution in [0, 0.1) is 5.82 Å². The minimum absolute atomic E-state index is 0.0510. The van der Waals surface area contributed by atoms with Crippen LogP contribution in [0.25, 0.3) is 0 Å². The SMILES string of the molecule is O=C(NCCCO)[C@@H](c1ccccc1)N(Cc1ccccc1)C(=O)COc1ccc(S(=O)(=O)Nc2ccc(F)cc2)cc1. The Kier molecular flexibility index (Phi) is 10.8. The summed E-state index contributed by atoms with van der Waals surface area (Å²) in [4.78, 5) is 28.5. The Hall–Kier alpha value is -4.74. The summed E-state index contributed by atoms with van der Waals surface area (Å²) >= 11 is 0. The van der Waals surface area contributed by atoms with E-state index < -0.39 is 40.3 Å². The van der Waals surface area contributed by atoms with Gasteiger partial charge in [-0.2, -0.15) is 0 Å². The van der Waals surface area contributed by atoms with Crippen LogP contribution in [0.4, 0.5) is 10.1 Å². The first-order chi connectivity index (χ1) is 20.8. The van der Waals surface area contributed by atoms with Crippen LogP contribution in [-0.4, -0.2) is 50.0 Å². The van der Waals surface area contributed by atoms with Crippen LogP contribution in [0.15, 0.2) is 114 Å². The molecule has 0 bridgehead atoms. The molecule has 4 aromatic carbocycles. The number of hydrogen-bond donors (Lipinski definition) is 3. The van der Waals surface area contributed by atoms with Crippen molar-refractivity contribution in [3.63, 3.8) is 0 Å². The van der Waals surface area contributed by atoms with E-state index in [-0.39, 0.29) is 36.0 Å². The van der Waals surface area contributed by atoms with Crippen LogP contribution < -0.4 is 14.8 Å². The van der Waals surface area contributed by atoms with Crippen LogP contribution in [0.1, 0.15) is 23.6 Å². The quantitative estimate of drug-likeness (QED) is 0.184. The van der Waals surface area contributed by atoms with Crippen LogP contribution >= 0.6 is 0 Å². The van der Waals surface area contributed by atoms with E-state index in [1.807, 2.05) is 36.4 Å². The molecule has 4 rings (SSSR count). The normalized spacial score (nSPS) is 11.8. The molecule has 0 fully saturated rings. The van der Waals surface area contributed by atoms with Gasteiger partial charge in [-0.05, 0) is 66.1 Å². The highest BCUT2D eigenvalue weighted by atomic mass is 32.2. The second-order valence-corrected chi connectivity index (χ2v) is 11.2. The molecule has 0 aliphatic heterocycles. The van der Waals surface area contributed by atoms with Crippen molar-refractivity contribution in [1.82, 2.24) is 10.2 Å². The molecule has 0 aliphatic rings. The highest BCUT2D eigenvalue weighted by molar-refractivity contribution is 7.92. The van der Waals surface area contributed by atoms with E-state index in [2.05, 4.69) is 10.0 Å². The maximum atomic E-state index is 13.7. The molecule has 0 spiro atoms. The third-order valence-corrected chi connectivity index (χ3v) is 7.82. The number of ether oxygens (including phenoxy) is 1. The maximum absolute atomic E-state index is 13.7. The lowest BCUT2D eigenvalue weighted by atomic mass is 10.0. The molecule has 4 aromatic rings. The molecule has 1 atom stereocenters. The minimum Gasteiger partial charge on any atom is -0.484 e. The van der Waals surface area contributed by atoms with Crippen LogP contribution in [0.2, 0.25) is 0 Å². The van der Waals surface area contributed by atoms with Crippen molar-refractivity contribution in [1.29, 1.82) is 0 Å². The lowest BCUT2D eigenvalue weighted by Crippen LogP contribution is -2.45. The first-order valence-electron chi connectivity index (χ1n) is 13.5. The molecule has 9 nitrogen and oxygen atoms in total. The zero-order valence-corrected chi connectivity index (χ0v) is 24.0. The summed E-state index contributed by atoms with van der Waals surface area (Å²) in [5.74, 6) is -1.10. The fraction of sp³-hybridized carbons (Fsp3) is 0.188. The molecule has 0 saturated carbocycles. The molecule has 43 heavy (non-hydrogen) atoms. The molecule has 11 heteroatoms. The summed E-state index contributed by atoms with van der Waals surface area (Å²) < 4.78 is 46.8. The van der Waals surface area contributed by atoms with E-state index >= 15 is 0 Å². The van der Waals surface area contributed by atoms with Gasteiger partial charge in [0.1, 0.15) is 17.6 Å². The number of anilines is 1. The van der Waals surface area contributed by atoms with Crippen LogP contribution in [0.3, 0.4) is 0 Å². The lowest BCUT2D eigenvalue weighted by molar-refractivity contribution is -0.143. The first kappa shape index (κ1) is 31.2. The van der Waals surface area contributed by atoms with E-state index in [9.17, 15) is 22.4 Å². The van der Waals surface area contributed by atoms with Crippen molar-refractivity contribution in [2.24, 2.45) is 0 Å². The Balaban J connectivity index is 1.52. The topological polar surface area (TPSA) is 125 Å². The summed E-state index contributed by atoms with van der Waals surface area (Å²) in [6.45, 7) is -0.130. The average Bonchev–Trinajstić information content (AvgIpc) is 3.02. The number of carbonyl (C=O) groups excluding carboxylic acids is 2. The Morgan fingerprint density at radius 3 is 2.12 bits per heavy atom. The molecule has 3 N–H and O–H groups in total. The standard InChI is InChI=1S/C32H32FN3O6S/c33-26-12-14-27(15-13-26)35-43(40,41)29-18-16-28(17-19-29)42-23-30(38)36(22-24-8-3-1-4-9-24)31(25-10-5-2-6-11-25)32(39)34-20-7-21-37/h1-6,8-19,31,35,37H,7,20-23H2,(H,34,39)/t31-/m1/s1. The fourth-order valence-corrected chi connectivity index (χ4v) is 5.33. The third kappa shape index (κ3) is 8.87. The summed E-state index contributed by atoms with van der Waals surface area (Å²) in [5.41, 5.74) is 1.62. The largest absolute Gasteiger partial charge is 0.484 e. The Bertz CT molecular complexity index is 1590. The summed E-state index contributed by atoms with van der Waals surface area (Å²) in [5, 5.41) is 12.0. The van der Waals surface area contributed by atoms with Gasteiger partial charge in [-0.1, -0.05) is 60.7 Å². The van der Waals surface area contributed by atoms with Gasteiger partial charge in [0.15, 0.2) is 6.61 Å². The average molecular weight is 606 g/mol. The summed E-state index contributed by atoms with van der Waals surface area (Å²) in [7, 11) is -3.95. The fourth-order valence-electron chi connectivity index (χ4n) is 4.27. The minimum atomic E-state index is -3.95. The highest BCUT2D eigenvalue weighted by Gasteiger charge is 2.31. The second-order valence-electron chi connectivity index (χ2n) is 9.56. The first-order valence-corrected chi connectivity index (χ1v) is 15.0. The van der Waals surface area contributed by atoms with Gasteiger partial charge >= 0.3 is 0 Å². The molecule has 0 unspecified atom stereocenters. The van der Waals surface area contributed by atoms with E-state index in [0.717, 1.165) is 17.7 Å². The van der Waals surface area contributed by atoms with Crippen molar-refractivity contribution in [2.75, 3.05) is 24.5 Å². The van der Waals surface area contributed by atoms with Gasteiger partial charge in [-0.3, -0.25) is 14.3 Å². The van der Waals surface area contributed by atoms with Gasteiger partial charge in [0.2, 0.25) is 5.91 Å². The zero-order valence-electron chi connectivity index (χ0n) is 23.2. The van der Waals surface area contributed by atoms with E-state index in [1.54, 1.807) is 24.3 Å². The van der Waals surface area contributed by atoms with Crippen molar-refractivity contribution >= 4 is 27.5 Å². The Morgan fingerprint density at radius 2 is 1.49 bits per heavy atom. The van der Waals surface area contributed by atoms with E-state index in [4.69, 9.17) is 9.84 Å². The Labute approximate surface area is 250 Å². The van der Waals surface area contributed by atoms with E-state index in [1.165, 1.54) is 41.3 Å². The predicted molar refractivity (Wildman–Crippen MR) is 160 cm³/mol. The molecule has 2 amide bonds. The van der Waals surface area contributed by atoms with E-state index in [0.29, 0.717) is 12.0 Å². The predicted octanol–water partition coefficient (Wildman–Crippen LogP) is 4.27. The number of aliphatic hydroxyl groups excluding tert-OH is 1. The van der Waals surface area contributed by atoms with Gasteiger partial charge in [0.05, 0.1) is 4.90 Å². The van der Waals surface area contributed by atoms with Crippen molar-refractivity contribution in [3.8, 4) is 5.75 Å². The van der Waals surface area contributed by atoms with Crippen LogP contribution in [0.5, 0.6) is 5.75 Å². The van der Waals surface area contributed by atoms with Gasteiger partial charge in [-0.25, -0.2) is 12.8 Å². The third-order valence-electron chi connectivity index (χ3n) is 6.42. The van der Waals surface area contributed by atoms with Crippen LogP contribution in [-0.2, 0) is 26.2 Å². The smallest absolute Gasteiger partial charge is 0.261 e. The number of benzene rings is 4. The number of hydrogen-bond acceptors (Lipinski definition) is 6. The Morgan fingerprint density at radius 1 is 0.860 bits per heavy atom. The van der Waals surface area contributed by atoms with Crippen molar-refractivity contribution < 1.29 is 32.2 Å². The van der Waals surface area contributed by atoms with Gasteiger partial charge in [0.25, 0.3) is 15.9 Å². The van der Waals surface area contributed by atoms with Gasteiger partial charge in [-0.15, -0.1) is 0 Å². The molecule has 0 aliphatic carbocycles. The monoisotopic (exact) mass is 605 g/mol. The number of amides is 2. The number of nitrogens with one attached hydrogen (secondary N) is 2. The molecule has 0 aromatic heterocycles. The number of sulfonamides is 1. The molecule has 224 valence electrons. The zero-order chi connectivity index (χ0) is 30.7. The lowest BCUT2D eigenvalue weighted by Gasteiger charge is -2.31. The maximum Gasteiger partial charge on any atom is 0.261 e. The number of carbonyl (C=O) groups is 2. The van der Waals surface area contributed by atoms with Crippen molar-refractivity contribution in [3.05, 3.63) is 126 Å². The number of aliphatic hydroxyl groups is 1. The van der Waals surface area contributed by atoms with Crippen molar-refractivity contribution in [2.45, 2.75) is 23.9 Å².